The van der Waals surface area contributed by atoms with E-state index in [-0.39, 0.29) is 5.56 Å². The van der Waals surface area contributed by atoms with Crippen LogP contribution in [0.15, 0.2) is 72.8 Å². The molecule has 0 aliphatic heterocycles. The third kappa shape index (κ3) is 4.99. The highest BCUT2D eigenvalue weighted by Gasteiger charge is 2.26. The first-order chi connectivity index (χ1) is 14.0. The van der Waals surface area contributed by atoms with Crippen molar-refractivity contribution in [2.24, 2.45) is 0 Å². The minimum atomic E-state index is -1.20. The second-order valence-corrected chi connectivity index (χ2v) is 6.40. The molecule has 1 N–H and O–H groups in total. The van der Waals surface area contributed by atoms with Gasteiger partial charge in [-0.2, -0.15) is 0 Å². The first kappa shape index (κ1) is 20.1. The molecule has 29 heavy (non-hydrogen) atoms. The van der Waals surface area contributed by atoms with Gasteiger partial charge in [-0.15, -0.1) is 0 Å². The number of hydrogen-bond donors (Lipinski definition) is 1. The minimum absolute atomic E-state index is 0.147. The Morgan fingerprint density at radius 1 is 0.966 bits per heavy atom. The molecule has 0 saturated heterocycles. The first-order valence-corrected chi connectivity index (χ1v) is 8.95. The Bertz CT molecular complexity index is 1000. The molecule has 1 amide bonds. The highest BCUT2D eigenvalue weighted by Crippen LogP contribution is 2.28. The summed E-state index contributed by atoms with van der Waals surface area (Å²) in [6.45, 7) is 1.89. The highest BCUT2D eigenvalue weighted by molar-refractivity contribution is 5.99. The van der Waals surface area contributed by atoms with Crippen molar-refractivity contribution < 1.29 is 23.5 Å². The number of carbonyl (C=O) groups is 2. The standard InChI is InChI=1S/C23H20FNO4/c1-15-8-13-20(28-2)19(14-15)25-22(26)21(16-6-4-3-5-7-16)29-23(27)17-9-11-18(24)12-10-17/h3-14,21H,1-2H3,(H,25,26)/t21-/m0/s1. The van der Waals surface area contributed by atoms with E-state index in [1.807, 2.05) is 13.0 Å². The Hall–Kier alpha value is -3.67. The summed E-state index contributed by atoms with van der Waals surface area (Å²) >= 11 is 0. The van der Waals surface area contributed by atoms with Crippen molar-refractivity contribution in [3.8, 4) is 5.75 Å². The van der Waals surface area contributed by atoms with Crippen LogP contribution in [-0.2, 0) is 9.53 Å². The topological polar surface area (TPSA) is 64.6 Å². The lowest BCUT2D eigenvalue weighted by Crippen LogP contribution is -2.26. The van der Waals surface area contributed by atoms with Crippen molar-refractivity contribution in [2.75, 3.05) is 12.4 Å². The van der Waals surface area contributed by atoms with E-state index < -0.39 is 23.8 Å². The van der Waals surface area contributed by atoms with Gasteiger partial charge in [-0.05, 0) is 48.9 Å². The minimum Gasteiger partial charge on any atom is -0.495 e. The molecule has 3 rings (SSSR count). The Kier molecular flexibility index (Phi) is 6.24. The zero-order valence-corrected chi connectivity index (χ0v) is 16.0. The van der Waals surface area contributed by atoms with Gasteiger partial charge in [0.1, 0.15) is 11.6 Å². The molecule has 3 aromatic rings. The van der Waals surface area contributed by atoms with Gasteiger partial charge in [0.2, 0.25) is 6.10 Å². The molecule has 5 nitrogen and oxygen atoms in total. The fraction of sp³-hybridized carbons (Fsp3) is 0.130. The summed E-state index contributed by atoms with van der Waals surface area (Å²) in [5.74, 6) is -1.24. The molecule has 1 atom stereocenters. The summed E-state index contributed by atoms with van der Waals surface area (Å²) in [4.78, 5) is 25.5. The molecule has 3 aromatic carbocycles. The predicted octanol–water partition coefficient (Wildman–Crippen LogP) is 4.68. The molecule has 0 bridgehead atoms. The van der Waals surface area contributed by atoms with E-state index in [9.17, 15) is 14.0 Å². The average Bonchev–Trinajstić information content (AvgIpc) is 2.73. The number of benzene rings is 3. The first-order valence-electron chi connectivity index (χ1n) is 8.95. The zero-order valence-electron chi connectivity index (χ0n) is 16.0. The van der Waals surface area contributed by atoms with Crippen LogP contribution in [0.25, 0.3) is 0 Å². The number of halogens is 1. The van der Waals surface area contributed by atoms with E-state index in [2.05, 4.69) is 5.32 Å². The number of methoxy groups -OCH3 is 1. The molecule has 0 heterocycles. The summed E-state index contributed by atoms with van der Waals surface area (Å²) in [6.07, 6.45) is -1.20. The second kappa shape index (κ2) is 9.01. The molecule has 0 unspecified atom stereocenters. The highest BCUT2D eigenvalue weighted by atomic mass is 19.1. The quantitative estimate of drug-likeness (QED) is 0.618. The van der Waals surface area contributed by atoms with Crippen molar-refractivity contribution in [1.82, 2.24) is 0 Å². The monoisotopic (exact) mass is 393 g/mol. The lowest BCUT2D eigenvalue weighted by atomic mass is 10.1. The number of ether oxygens (including phenoxy) is 2. The number of hydrogen-bond acceptors (Lipinski definition) is 4. The number of nitrogens with one attached hydrogen (secondary N) is 1. The number of carbonyl (C=O) groups excluding carboxylic acids is 2. The second-order valence-electron chi connectivity index (χ2n) is 6.40. The Morgan fingerprint density at radius 3 is 2.31 bits per heavy atom. The molecule has 0 aliphatic rings. The van der Waals surface area contributed by atoms with Crippen LogP contribution in [-0.4, -0.2) is 19.0 Å². The molecule has 0 aliphatic carbocycles. The van der Waals surface area contributed by atoms with Crippen molar-refractivity contribution in [3.63, 3.8) is 0 Å². The maximum absolute atomic E-state index is 13.1. The molecule has 0 saturated carbocycles. The fourth-order valence-corrected chi connectivity index (χ4v) is 2.78. The van der Waals surface area contributed by atoms with E-state index in [1.165, 1.54) is 19.2 Å². The van der Waals surface area contributed by atoms with Gasteiger partial charge in [-0.1, -0.05) is 36.4 Å². The van der Waals surface area contributed by atoms with Crippen LogP contribution in [0.2, 0.25) is 0 Å². The van der Waals surface area contributed by atoms with Crippen LogP contribution in [0.4, 0.5) is 10.1 Å². The lowest BCUT2D eigenvalue weighted by Gasteiger charge is -2.19. The third-order valence-corrected chi connectivity index (χ3v) is 4.26. The van der Waals surface area contributed by atoms with Crippen LogP contribution in [0.3, 0.4) is 0 Å². The van der Waals surface area contributed by atoms with Crippen LogP contribution >= 0.6 is 0 Å². The van der Waals surface area contributed by atoms with E-state index in [4.69, 9.17) is 9.47 Å². The fourth-order valence-electron chi connectivity index (χ4n) is 2.78. The normalized spacial score (nSPS) is 11.4. The molecule has 0 radical (unpaired) electrons. The van der Waals surface area contributed by atoms with Gasteiger partial charge in [0.15, 0.2) is 0 Å². The average molecular weight is 393 g/mol. The summed E-state index contributed by atoms with van der Waals surface area (Å²) in [5, 5.41) is 2.77. The van der Waals surface area contributed by atoms with Gasteiger partial charge < -0.3 is 14.8 Å². The summed E-state index contributed by atoms with van der Waals surface area (Å²) < 4.78 is 23.9. The van der Waals surface area contributed by atoms with E-state index in [1.54, 1.807) is 42.5 Å². The lowest BCUT2D eigenvalue weighted by molar-refractivity contribution is -0.125. The van der Waals surface area contributed by atoms with Crippen LogP contribution in [0.1, 0.15) is 27.6 Å². The van der Waals surface area contributed by atoms with Gasteiger partial charge in [0.05, 0.1) is 18.4 Å². The van der Waals surface area contributed by atoms with Gasteiger partial charge in [0, 0.05) is 5.56 Å². The Balaban J connectivity index is 1.88. The van der Waals surface area contributed by atoms with Gasteiger partial charge in [-0.25, -0.2) is 9.18 Å². The van der Waals surface area contributed by atoms with E-state index >= 15 is 0 Å². The third-order valence-electron chi connectivity index (χ3n) is 4.26. The largest absolute Gasteiger partial charge is 0.495 e. The molecule has 0 fully saturated rings. The van der Waals surface area contributed by atoms with E-state index in [0.717, 1.165) is 17.7 Å². The maximum Gasteiger partial charge on any atom is 0.339 e. The van der Waals surface area contributed by atoms with Gasteiger partial charge in [0.25, 0.3) is 5.91 Å². The van der Waals surface area contributed by atoms with Crippen LogP contribution in [0.5, 0.6) is 5.75 Å². The number of rotatable bonds is 6. The summed E-state index contributed by atoms with van der Waals surface area (Å²) in [7, 11) is 1.50. The summed E-state index contributed by atoms with van der Waals surface area (Å²) in [5.41, 5.74) is 2.05. The summed E-state index contributed by atoms with van der Waals surface area (Å²) in [6, 6.07) is 19.0. The molecular formula is C23H20FNO4. The number of anilines is 1. The SMILES string of the molecule is COc1ccc(C)cc1NC(=O)[C@@H](OC(=O)c1ccc(F)cc1)c1ccccc1. The smallest absolute Gasteiger partial charge is 0.339 e. The molecule has 0 spiro atoms. The van der Waals surface area contributed by atoms with Crippen LogP contribution < -0.4 is 10.1 Å². The number of esters is 1. The van der Waals surface area contributed by atoms with Crippen molar-refractivity contribution >= 4 is 17.6 Å². The van der Waals surface area contributed by atoms with Gasteiger partial charge >= 0.3 is 5.97 Å². The Morgan fingerprint density at radius 2 is 1.66 bits per heavy atom. The number of aryl methyl sites for hydroxylation is 1. The zero-order chi connectivity index (χ0) is 20.8. The maximum atomic E-state index is 13.1. The molecular weight excluding hydrogens is 373 g/mol. The van der Waals surface area contributed by atoms with Crippen LogP contribution in [0, 0.1) is 12.7 Å². The molecule has 0 aromatic heterocycles. The molecule has 6 heteroatoms. The van der Waals surface area contributed by atoms with E-state index in [0.29, 0.717) is 17.0 Å². The molecule has 148 valence electrons. The van der Waals surface area contributed by atoms with Crippen molar-refractivity contribution in [2.45, 2.75) is 13.0 Å². The number of amides is 1. The van der Waals surface area contributed by atoms with Gasteiger partial charge in [-0.3, -0.25) is 4.79 Å². The van der Waals surface area contributed by atoms with Crippen molar-refractivity contribution in [1.29, 1.82) is 0 Å². The van der Waals surface area contributed by atoms with Crippen molar-refractivity contribution in [3.05, 3.63) is 95.3 Å². The Labute approximate surface area is 168 Å². The predicted molar refractivity (Wildman–Crippen MR) is 107 cm³/mol.